The molecule has 0 amide bonds. The molecular formula is C8H8Cl3NO2. The van der Waals surface area contributed by atoms with Crippen LogP contribution in [0.25, 0.3) is 0 Å². The Hall–Kier alpha value is 0.01000. The standard InChI is InChI=1S/C8H8Cl3NO2/c9-8(10,11)6-4-1-2-5(3-4)7(6)12(13)14/h1,5-7H,2-3H2. The van der Waals surface area contributed by atoms with Gasteiger partial charge < -0.3 is 0 Å². The predicted molar refractivity (Wildman–Crippen MR) is 55.4 cm³/mol. The summed E-state index contributed by atoms with van der Waals surface area (Å²) < 4.78 is -1.56. The maximum Gasteiger partial charge on any atom is 0.227 e. The van der Waals surface area contributed by atoms with Crippen molar-refractivity contribution in [2.75, 3.05) is 0 Å². The highest BCUT2D eigenvalue weighted by Crippen LogP contribution is 2.54. The lowest BCUT2D eigenvalue weighted by Crippen LogP contribution is -2.38. The number of halogens is 3. The van der Waals surface area contributed by atoms with E-state index in [1.54, 1.807) is 0 Å². The monoisotopic (exact) mass is 255 g/mol. The van der Waals surface area contributed by atoms with Gasteiger partial charge in [0.25, 0.3) is 0 Å². The molecule has 1 saturated carbocycles. The first-order valence-electron chi connectivity index (χ1n) is 4.30. The molecule has 0 aromatic carbocycles. The number of fused-ring (bicyclic) bond motifs is 2. The number of nitrogens with zero attached hydrogens (tertiary/aromatic N) is 1. The van der Waals surface area contributed by atoms with Crippen LogP contribution in [0.1, 0.15) is 12.8 Å². The van der Waals surface area contributed by atoms with Gasteiger partial charge in [-0.25, -0.2) is 0 Å². The van der Waals surface area contributed by atoms with E-state index in [-0.39, 0.29) is 10.8 Å². The second-order valence-electron chi connectivity index (χ2n) is 3.77. The van der Waals surface area contributed by atoms with Gasteiger partial charge in [0, 0.05) is 10.8 Å². The van der Waals surface area contributed by atoms with Gasteiger partial charge in [-0.3, -0.25) is 10.1 Å². The number of alkyl halides is 3. The molecule has 2 rings (SSSR count). The van der Waals surface area contributed by atoms with Crippen LogP contribution in [-0.2, 0) is 0 Å². The van der Waals surface area contributed by atoms with E-state index in [0.717, 1.165) is 12.0 Å². The third kappa shape index (κ3) is 1.51. The van der Waals surface area contributed by atoms with Crippen LogP contribution in [-0.4, -0.2) is 14.8 Å². The Bertz CT molecular complexity index is 310. The number of hydrogen-bond donors (Lipinski definition) is 0. The SMILES string of the molecule is O=[N+]([O-])C1C2CC=C(C2)C1C(Cl)(Cl)Cl. The van der Waals surface area contributed by atoms with E-state index in [2.05, 4.69) is 0 Å². The maximum atomic E-state index is 10.9. The highest BCUT2D eigenvalue weighted by molar-refractivity contribution is 6.67. The van der Waals surface area contributed by atoms with Gasteiger partial charge in [-0.1, -0.05) is 46.5 Å². The van der Waals surface area contributed by atoms with Gasteiger partial charge in [0.1, 0.15) is 0 Å². The van der Waals surface area contributed by atoms with Crippen LogP contribution in [0, 0.1) is 22.0 Å². The molecule has 0 saturated heterocycles. The zero-order valence-corrected chi connectivity index (χ0v) is 9.39. The third-order valence-corrected chi connectivity index (χ3v) is 3.71. The van der Waals surface area contributed by atoms with Gasteiger partial charge in [-0.05, 0) is 12.8 Å². The molecule has 14 heavy (non-hydrogen) atoms. The molecule has 0 heterocycles. The summed E-state index contributed by atoms with van der Waals surface area (Å²) in [4.78, 5) is 10.5. The molecule has 2 aliphatic carbocycles. The molecule has 78 valence electrons. The fraction of sp³-hybridized carbons (Fsp3) is 0.750. The zero-order chi connectivity index (χ0) is 10.5. The Kier molecular flexibility index (Phi) is 2.45. The molecular weight excluding hydrogens is 248 g/mol. The second kappa shape index (κ2) is 3.26. The first kappa shape index (κ1) is 10.5. The summed E-state index contributed by atoms with van der Waals surface area (Å²) in [6, 6.07) is -0.720. The average molecular weight is 257 g/mol. The third-order valence-electron chi connectivity index (χ3n) is 3.00. The topological polar surface area (TPSA) is 43.1 Å². The number of nitro groups is 1. The van der Waals surface area contributed by atoms with E-state index in [9.17, 15) is 10.1 Å². The first-order chi connectivity index (χ1) is 6.41. The average Bonchev–Trinajstić information content (AvgIpc) is 2.58. The van der Waals surface area contributed by atoms with Crippen LogP contribution >= 0.6 is 34.8 Å². The number of hydrogen-bond acceptors (Lipinski definition) is 2. The summed E-state index contributed by atoms with van der Waals surface area (Å²) in [5.74, 6) is -0.512. The minimum absolute atomic E-state index is 0.0284. The molecule has 3 nitrogen and oxygen atoms in total. The van der Waals surface area contributed by atoms with Crippen molar-refractivity contribution in [3.63, 3.8) is 0 Å². The zero-order valence-electron chi connectivity index (χ0n) is 7.12. The Balaban J connectivity index is 2.34. The van der Waals surface area contributed by atoms with Gasteiger partial charge in [0.05, 0.1) is 5.92 Å². The lowest BCUT2D eigenvalue weighted by molar-refractivity contribution is -0.536. The summed E-state index contributed by atoms with van der Waals surface area (Å²) in [7, 11) is 0. The molecule has 1 fully saturated rings. The molecule has 0 aromatic heterocycles. The normalized spacial score (nSPS) is 35.9. The minimum Gasteiger partial charge on any atom is -0.264 e. The van der Waals surface area contributed by atoms with Crippen molar-refractivity contribution in [1.82, 2.24) is 0 Å². The van der Waals surface area contributed by atoms with Crippen LogP contribution < -0.4 is 0 Å². The molecule has 2 aliphatic rings. The van der Waals surface area contributed by atoms with Crippen molar-refractivity contribution in [3.05, 3.63) is 21.8 Å². The van der Waals surface area contributed by atoms with E-state index in [1.165, 1.54) is 0 Å². The van der Waals surface area contributed by atoms with E-state index >= 15 is 0 Å². The summed E-state index contributed by atoms with van der Waals surface area (Å²) in [5, 5.41) is 10.9. The Morgan fingerprint density at radius 3 is 2.57 bits per heavy atom. The predicted octanol–water partition coefficient (Wildman–Crippen LogP) is 2.97. The lowest BCUT2D eigenvalue weighted by Gasteiger charge is -2.26. The molecule has 0 aliphatic heterocycles. The Labute approximate surface area is 96.2 Å². The van der Waals surface area contributed by atoms with Gasteiger partial charge >= 0.3 is 0 Å². The van der Waals surface area contributed by atoms with Crippen LogP contribution in [0.15, 0.2) is 11.6 Å². The van der Waals surface area contributed by atoms with E-state index in [0.29, 0.717) is 6.42 Å². The molecule has 0 spiro atoms. The summed E-state index contributed by atoms with van der Waals surface area (Å²) >= 11 is 17.3. The quantitative estimate of drug-likeness (QED) is 0.313. The van der Waals surface area contributed by atoms with Gasteiger partial charge in [0.2, 0.25) is 9.83 Å². The minimum atomic E-state index is -1.56. The van der Waals surface area contributed by atoms with Crippen LogP contribution in [0.2, 0.25) is 0 Å². The molecule has 0 aromatic rings. The van der Waals surface area contributed by atoms with Crippen LogP contribution in [0.4, 0.5) is 0 Å². The molecule has 0 N–H and O–H groups in total. The second-order valence-corrected chi connectivity index (χ2v) is 6.14. The number of allylic oxidation sites excluding steroid dienone is 1. The van der Waals surface area contributed by atoms with Crippen molar-refractivity contribution < 1.29 is 4.92 Å². The molecule has 0 radical (unpaired) electrons. The smallest absolute Gasteiger partial charge is 0.227 e. The molecule has 2 bridgehead atoms. The van der Waals surface area contributed by atoms with Crippen molar-refractivity contribution in [1.29, 1.82) is 0 Å². The van der Waals surface area contributed by atoms with Crippen LogP contribution in [0.3, 0.4) is 0 Å². The highest BCUT2D eigenvalue weighted by atomic mass is 35.6. The van der Waals surface area contributed by atoms with E-state index < -0.39 is 15.8 Å². The highest BCUT2D eigenvalue weighted by Gasteiger charge is 2.57. The Morgan fingerprint density at radius 2 is 2.14 bits per heavy atom. The fourth-order valence-electron chi connectivity index (χ4n) is 2.48. The number of rotatable bonds is 1. The summed E-state index contributed by atoms with van der Waals surface area (Å²) in [5.41, 5.74) is 0.941. The van der Waals surface area contributed by atoms with Crippen molar-refractivity contribution >= 4 is 34.8 Å². The molecule has 3 atom stereocenters. The van der Waals surface area contributed by atoms with Crippen LogP contribution in [0.5, 0.6) is 0 Å². The van der Waals surface area contributed by atoms with Gasteiger partial charge in [-0.15, -0.1) is 0 Å². The van der Waals surface area contributed by atoms with Crippen molar-refractivity contribution in [2.24, 2.45) is 11.8 Å². The summed E-state index contributed by atoms with van der Waals surface area (Å²) in [6.07, 6.45) is 3.43. The van der Waals surface area contributed by atoms with Crippen molar-refractivity contribution in [3.8, 4) is 0 Å². The maximum absolute atomic E-state index is 10.9. The van der Waals surface area contributed by atoms with E-state index in [1.807, 2.05) is 6.08 Å². The van der Waals surface area contributed by atoms with Gasteiger partial charge in [-0.2, -0.15) is 0 Å². The largest absolute Gasteiger partial charge is 0.264 e. The lowest BCUT2D eigenvalue weighted by atomic mass is 9.92. The fourth-order valence-corrected chi connectivity index (χ4v) is 3.28. The summed E-state index contributed by atoms with van der Waals surface area (Å²) in [6.45, 7) is 0. The van der Waals surface area contributed by atoms with E-state index in [4.69, 9.17) is 34.8 Å². The Morgan fingerprint density at radius 1 is 1.50 bits per heavy atom. The van der Waals surface area contributed by atoms with Gasteiger partial charge in [0.15, 0.2) is 0 Å². The molecule has 3 unspecified atom stereocenters. The first-order valence-corrected chi connectivity index (χ1v) is 5.44. The molecule has 6 heteroatoms. The van der Waals surface area contributed by atoms with Crippen molar-refractivity contribution in [2.45, 2.75) is 22.7 Å².